The van der Waals surface area contributed by atoms with Crippen LogP contribution in [0.4, 0.5) is 5.69 Å². The molecule has 0 bridgehead atoms. The fourth-order valence-electron chi connectivity index (χ4n) is 3.32. The lowest BCUT2D eigenvalue weighted by atomic mass is 10.1. The molecule has 7 nitrogen and oxygen atoms in total. The molecule has 0 fully saturated rings. The smallest absolute Gasteiger partial charge is 0.244 e. The van der Waals surface area contributed by atoms with E-state index in [9.17, 15) is 18.0 Å². The molecule has 0 radical (unpaired) electrons. The van der Waals surface area contributed by atoms with E-state index >= 15 is 0 Å². The maximum atomic E-state index is 13.5. The molecule has 0 spiro atoms. The predicted molar refractivity (Wildman–Crippen MR) is 138 cm³/mol. The van der Waals surface area contributed by atoms with Crippen LogP contribution in [0.3, 0.4) is 0 Å². The van der Waals surface area contributed by atoms with E-state index < -0.39 is 28.5 Å². The van der Waals surface area contributed by atoms with Gasteiger partial charge in [-0.2, -0.15) is 0 Å². The van der Waals surface area contributed by atoms with Crippen molar-refractivity contribution in [2.45, 2.75) is 32.9 Å². The van der Waals surface area contributed by atoms with E-state index in [1.807, 2.05) is 0 Å². The number of sulfonamides is 1. The minimum atomic E-state index is -3.92. The average molecular weight is 569 g/mol. The number of amides is 2. The first-order valence-electron chi connectivity index (χ1n) is 10.3. The fraction of sp³-hybridized carbons (Fsp3) is 0.364. The fourth-order valence-corrected chi connectivity index (χ4v) is 5.21. The first-order valence-corrected chi connectivity index (χ1v) is 13.7. The Morgan fingerprint density at radius 2 is 1.56 bits per heavy atom. The van der Waals surface area contributed by atoms with Crippen molar-refractivity contribution >= 4 is 73.9 Å². The number of benzene rings is 2. The molecular formula is C22H25Cl4N3O4S. The molecule has 0 unspecified atom stereocenters. The van der Waals surface area contributed by atoms with Crippen molar-refractivity contribution in [2.75, 3.05) is 23.7 Å². The Morgan fingerprint density at radius 1 is 0.971 bits per heavy atom. The molecule has 0 aliphatic rings. The monoisotopic (exact) mass is 567 g/mol. The highest BCUT2D eigenvalue weighted by Gasteiger charge is 2.32. The predicted octanol–water partition coefficient (Wildman–Crippen LogP) is 5.01. The molecule has 2 aromatic carbocycles. The number of rotatable bonds is 10. The molecule has 0 aliphatic carbocycles. The second-order valence-corrected chi connectivity index (χ2v) is 11.0. The van der Waals surface area contributed by atoms with E-state index in [0.29, 0.717) is 33.6 Å². The van der Waals surface area contributed by atoms with Crippen molar-refractivity contribution in [1.82, 2.24) is 10.2 Å². The van der Waals surface area contributed by atoms with Crippen LogP contribution in [0.25, 0.3) is 0 Å². The molecule has 34 heavy (non-hydrogen) atoms. The van der Waals surface area contributed by atoms with Gasteiger partial charge in [-0.1, -0.05) is 59.4 Å². The SMILES string of the molecule is CCNC(=O)[C@H](CC)N(Cc1ccc(Cl)cc1Cl)C(=O)CN(c1ccc(Cl)cc1Cl)S(C)(=O)=O. The van der Waals surface area contributed by atoms with Crippen molar-refractivity contribution in [3.63, 3.8) is 0 Å². The van der Waals surface area contributed by atoms with Gasteiger partial charge in [0.2, 0.25) is 21.8 Å². The van der Waals surface area contributed by atoms with Gasteiger partial charge in [0, 0.05) is 28.2 Å². The first kappa shape index (κ1) is 28.5. The highest BCUT2D eigenvalue weighted by molar-refractivity contribution is 7.92. The van der Waals surface area contributed by atoms with Crippen molar-refractivity contribution in [3.05, 3.63) is 62.1 Å². The number of halogens is 4. The zero-order valence-corrected chi connectivity index (χ0v) is 22.7. The Labute approximate surface area is 220 Å². The molecule has 0 aliphatic heterocycles. The van der Waals surface area contributed by atoms with Gasteiger partial charge in [-0.3, -0.25) is 13.9 Å². The van der Waals surface area contributed by atoms with E-state index in [1.54, 1.807) is 26.0 Å². The van der Waals surface area contributed by atoms with Gasteiger partial charge in [-0.25, -0.2) is 8.42 Å². The van der Waals surface area contributed by atoms with Crippen molar-refractivity contribution in [2.24, 2.45) is 0 Å². The summed E-state index contributed by atoms with van der Waals surface area (Å²) in [6, 6.07) is 8.22. The van der Waals surface area contributed by atoms with Crippen molar-refractivity contribution < 1.29 is 18.0 Å². The standard InChI is InChI=1S/C22H25Cl4N3O4S/c1-4-19(22(31)27-5-2)28(12-14-6-7-15(23)10-17(14)25)21(30)13-29(34(3,32)33)20-9-8-16(24)11-18(20)26/h6-11,19H,4-5,12-13H2,1-3H3,(H,27,31)/t19-/m0/s1. The van der Waals surface area contributed by atoms with Crippen molar-refractivity contribution in [1.29, 1.82) is 0 Å². The Hall–Kier alpha value is -1.71. The largest absolute Gasteiger partial charge is 0.355 e. The number of hydrogen-bond acceptors (Lipinski definition) is 4. The van der Waals surface area contributed by atoms with Crippen molar-refractivity contribution in [3.8, 4) is 0 Å². The number of likely N-dealkylation sites (N-methyl/N-ethyl adjacent to an activating group) is 1. The van der Waals surface area contributed by atoms with E-state index in [4.69, 9.17) is 46.4 Å². The molecule has 0 heterocycles. The Morgan fingerprint density at radius 3 is 2.06 bits per heavy atom. The molecule has 0 aromatic heterocycles. The maximum Gasteiger partial charge on any atom is 0.244 e. The lowest BCUT2D eigenvalue weighted by molar-refractivity contribution is -0.140. The molecule has 2 rings (SSSR count). The third-order valence-electron chi connectivity index (χ3n) is 4.95. The van der Waals surface area contributed by atoms with E-state index in [-0.39, 0.29) is 23.2 Å². The summed E-state index contributed by atoms with van der Waals surface area (Å²) in [5.41, 5.74) is 0.648. The van der Waals surface area contributed by atoms with Gasteiger partial charge in [0.25, 0.3) is 0 Å². The molecule has 1 N–H and O–H groups in total. The molecular weight excluding hydrogens is 544 g/mol. The summed E-state index contributed by atoms with van der Waals surface area (Å²) in [6.07, 6.45) is 1.26. The number of carbonyl (C=O) groups excluding carboxylic acids is 2. The first-order chi connectivity index (χ1) is 15.9. The second-order valence-electron chi connectivity index (χ2n) is 7.44. The number of carbonyl (C=O) groups is 2. The van der Waals surface area contributed by atoms with Gasteiger partial charge < -0.3 is 10.2 Å². The number of nitrogens with zero attached hydrogens (tertiary/aromatic N) is 2. The van der Waals surface area contributed by atoms with Crippen LogP contribution in [0.2, 0.25) is 20.1 Å². The van der Waals surface area contributed by atoms with Crippen LogP contribution >= 0.6 is 46.4 Å². The summed E-state index contributed by atoms with van der Waals surface area (Å²) in [5, 5.41) is 3.83. The minimum absolute atomic E-state index is 0.0313. The Balaban J connectivity index is 2.50. The summed E-state index contributed by atoms with van der Waals surface area (Å²) in [7, 11) is -3.92. The number of nitrogens with one attached hydrogen (secondary N) is 1. The van der Waals surface area contributed by atoms with E-state index in [2.05, 4.69) is 5.32 Å². The second kappa shape index (κ2) is 12.3. The topological polar surface area (TPSA) is 86.8 Å². The lowest BCUT2D eigenvalue weighted by Gasteiger charge is -2.33. The summed E-state index contributed by atoms with van der Waals surface area (Å²) < 4.78 is 26.1. The highest BCUT2D eigenvalue weighted by atomic mass is 35.5. The molecule has 12 heteroatoms. The molecule has 0 saturated carbocycles. The zero-order valence-electron chi connectivity index (χ0n) is 18.8. The average Bonchev–Trinajstić information content (AvgIpc) is 2.73. The van der Waals surface area contributed by atoms with E-state index in [0.717, 1.165) is 10.6 Å². The third-order valence-corrected chi connectivity index (χ3v) is 7.20. The van der Waals surface area contributed by atoms with Gasteiger partial charge in [0.05, 0.1) is 17.0 Å². The molecule has 186 valence electrons. The molecule has 2 amide bonds. The van der Waals surface area contributed by atoms with Gasteiger partial charge >= 0.3 is 0 Å². The zero-order chi connectivity index (χ0) is 25.6. The van der Waals surface area contributed by atoms with Crippen LogP contribution in [0.15, 0.2) is 36.4 Å². The molecule has 2 aromatic rings. The summed E-state index contributed by atoms with van der Waals surface area (Å²) in [5.74, 6) is -0.973. The van der Waals surface area contributed by atoms with Crippen LogP contribution in [-0.2, 0) is 26.2 Å². The Bertz CT molecular complexity index is 1160. The van der Waals surface area contributed by atoms with Crippen LogP contribution in [0, 0.1) is 0 Å². The van der Waals surface area contributed by atoms with Crippen LogP contribution in [0.5, 0.6) is 0 Å². The maximum absolute atomic E-state index is 13.5. The third kappa shape index (κ3) is 7.39. The summed E-state index contributed by atoms with van der Waals surface area (Å²) >= 11 is 24.5. The normalized spacial score (nSPS) is 12.2. The lowest BCUT2D eigenvalue weighted by Crippen LogP contribution is -2.52. The number of hydrogen-bond donors (Lipinski definition) is 1. The quantitative estimate of drug-likeness (QED) is 0.436. The molecule has 0 saturated heterocycles. The van der Waals surface area contributed by atoms with Gasteiger partial charge in [-0.05, 0) is 49.2 Å². The van der Waals surface area contributed by atoms with E-state index in [1.165, 1.54) is 29.2 Å². The molecule has 1 atom stereocenters. The highest BCUT2D eigenvalue weighted by Crippen LogP contribution is 2.31. The summed E-state index contributed by atoms with van der Waals surface area (Å²) in [6.45, 7) is 3.28. The van der Waals surface area contributed by atoms with Gasteiger partial charge in [0.1, 0.15) is 12.6 Å². The Kier molecular flexibility index (Phi) is 10.3. The summed E-state index contributed by atoms with van der Waals surface area (Å²) in [4.78, 5) is 27.6. The van der Waals surface area contributed by atoms with Gasteiger partial charge in [-0.15, -0.1) is 0 Å². The minimum Gasteiger partial charge on any atom is -0.355 e. The number of anilines is 1. The van der Waals surface area contributed by atoms with Gasteiger partial charge in [0.15, 0.2) is 0 Å². The van der Waals surface area contributed by atoms with Crippen LogP contribution in [0.1, 0.15) is 25.8 Å². The van der Waals surface area contributed by atoms with Crippen LogP contribution in [-0.4, -0.2) is 50.5 Å². The van der Waals surface area contributed by atoms with Crippen LogP contribution < -0.4 is 9.62 Å².